The molecular weight excluding hydrogens is 498 g/mol. The Morgan fingerprint density at radius 3 is 2.45 bits per heavy atom. The largest absolute Gasteiger partial charge is 0.493 e. The van der Waals surface area contributed by atoms with Crippen molar-refractivity contribution in [2.24, 2.45) is 7.05 Å². The fourth-order valence-corrected chi connectivity index (χ4v) is 5.94. The molecule has 1 aliphatic rings. The van der Waals surface area contributed by atoms with Crippen molar-refractivity contribution < 1.29 is 14.3 Å². The highest BCUT2D eigenvalue weighted by atomic mass is 32.1. The fourth-order valence-electron chi connectivity index (χ4n) is 4.95. The van der Waals surface area contributed by atoms with Gasteiger partial charge in [-0.2, -0.15) is 5.10 Å². The van der Waals surface area contributed by atoms with Crippen molar-refractivity contribution in [3.8, 4) is 22.8 Å². The van der Waals surface area contributed by atoms with E-state index in [2.05, 4.69) is 45.4 Å². The van der Waals surface area contributed by atoms with Crippen LogP contribution in [-0.4, -0.2) is 79.0 Å². The van der Waals surface area contributed by atoms with E-state index in [4.69, 9.17) is 14.6 Å². The van der Waals surface area contributed by atoms with Crippen LogP contribution in [0.5, 0.6) is 11.5 Å². The molecule has 9 heteroatoms. The van der Waals surface area contributed by atoms with E-state index in [1.54, 1.807) is 14.2 Å². The van der Waals surface area contributed by atoms with Crippen molar-refractivity contribution in [3.05, 3.63) is 65.0 Å². The van der Waals surface area contributed by atoms with E-state index in [1.165, 1.54) is 16.9 Å². The lowest BCUT2D eigenvalue weighted by molar-refractivity contribution is 0.0951. The number of carbonyl (C=O) groups excluding carboxylic acids is 1. The lowest BCUT2D eigenvalue weighted by Gasteiger charge is -2.34. The van der Waals surface area contributed by atoms with Gasteiger partial charge in [0.15, 0.2) is 11.5 Å². The highest BCUT2D eigenvalue weighted by molar-refractivity contribution is 7.20. The third kappa shape index (κ3) is 5.85. The summed E-state index contributed by atoms with van der Waals surface area (Å²) in [7, 11) is 5.15. The molecule has 0 unspecified atom stereocenters. The number of fused-ring (bicyclic) bond motifs is 1. The van der Waals surface area contributed by atoms with Gasteiger partial charge in [-0.15, -0.1) is 11.3 Å². The monoisotopic (exact) mass is 533 g/mol. The summed E-state index contributed by atoms with van der Waals surface area (Å²) < 4.78 is 12.7. The highest BCUT2D eigenvalue weighted by Crippen LogP contribution is 2.37. The van der Waals surface area contributed by atoms with Gasteiger partial charge in [0.2, 0.25) is 0 Å². The summed E-state index contributed by atoms with van der Waals surface area (Å²) in [5.41, 5.74) is 3.11. The van der Waals surface area contributed by atoms with Gasteiger partial charge in [0.1, 0.15) is 10.5 Å². The minimum absolute atomic E-state index is 0.0304. The maximum absolute atomic E-state index is 12.9. The standard InChI is InChI=1S/C29H35N5O3S/c1-32-29-23(27(31-32)22-10-11-24(36-2)25(18-22)37-3)19-26(38-29)28(35)30-12-7-13-33-14-16-34(17-15-33)20-21-8-5-4-6-9-21/h4-6,8-11,18-19H,7,12-17,20H2,1-3H3,(H,30,35). The predicted octanol–water partition coefficient (Wildman–Crippen LogP) is 4.26. The number of piperazine rings is 1. The zero-order valence-electron chi connectivity index (χ0n) is 22.3. The molecule has 0 aliphatic carbocycles. The summed E-state index contributed by atoms with van der Waals surface area (Å²) in [4.78, 5) is 19.6. The van der Waals surface area contributed by atoms with Crippen LogP contribution in [0.2, 0.25) is 0 Å². The second kappa shape index (κ2) is 12.0. The van der Waals surface area contributed by atoms with Gasteiger partial charge >= 0.3 is 0 Å². The van der Waals surface area contributed by atoms with Gasteiger partial charge in [-0.3, -0.25) is 14.4 Å². The molecule has 3 heterocycles. The molecule has 1 amide bonds. The van der Waals surface area contributed by atoms with E-state index < -0.39 is 0 Å². The van der Waals surface area contributed by atoms with Gasteiger partial charge in [0.05, 0.1) is 19.1 Å². The zero-order valence-corrected chi connectivity index (χ0v) is 23.1. The number of ether oxygens (including phenoxy) is 2. The van der Waals surface area contributed by atoms with Crippen LogP contribution in [0.15, 0.2) is 54.6 Å². The first-order valence-corrected chi connectivity index (χ1v) is 13.8. The van der Waals surface area contributed by atoms with Crippen LogP contribution in [0.25, 0.3) is 21.5 Å². The van der Waals surface area contributed by atoms with Crippen LogP contribution >= 0.6 is 11.3 Å². The number of hydrogen-bond donors (Lipinski definition) is 1. The van der Waals surface area contributed by atoms with E-state index >= 15 is 0 Å². The molecule has 0 bridgehead atoms. The molecular formula is C29H35N5O3S. The number of rotatable bonds is 10. The van der Waals surface area contributed by atoms with Crippen molar-refractivity contribution in [3.63, 3.8) is 0 Å². The molecule has 4 aromatic rings. The van der Waals surface area contributed by atoms with Crippen molar-refractivity contribution in [2.75, 3.05) is 53.5 Å². The van der Waals surface area contributed by atoms with Crippen LogP contribution in [0.4, 0.5) is 0 Å². The number of amides is 1. The van der Waals surface area contributed by atoms with Crippen LogP contribution in [0, 0.1) is 0 Å². The highest BCUT2D eigenvalue weighted by Gasteiger charge is 2.20. The molecule has 5 rings (SSSR count). The van der Waals surface area contributed by atoms with Crippen LogP contribution in [-0.2, 0) is 13.6 Å². The zero-order chi connectivity index (χ0) is 26.5. The second-order valence-electron chi connectivity index (χ2n) is 9.58. The number of carbonyl (C=O) groups is 1. The summed E-state index contributed by atoms with van der Waals surface area (Å²) in [5.74, 6) is 1.29. The van der Waals surface area contributed by atoms with E-state index in [-0.39, 0.29) is 5.91 Å². The van der Waals surface area contributed by atoms with Gasteiger partial charge in [-0.1, -0.05) is 30.3 Å². The molecule has 2 aromatic heterocycles. The van der Waals surface area contributed by atoms with Gasteiger partial charge < -0.3 is 19.7 Å². The van der Waals surface area contributed by atoms with E-state index in [9.17, 15) is 4.79 Å². The Labute approximate surface area is 227 Å². The van der Waals surface area contributed by atoms with E-state index in [0.29, 0.717) is 22.9 Å². The molecule has 2 aromatic carbocycles. The van der Waals surface area contributed by atoms with E-state index in [1.807, 2.05) is 36.0 Å². The van der Waals surface area contributed by atoms with E-state index in [0.717, 1.165) is 67.2 Å². The Balaban J connectivity index is 1.13. The SMILES string of the molecule is COc1ccc(-c2nn(C)c3sc(C(=O)NCCCN4CCN(Cc5ccccc5)CC4)cc23)cc1OC. The number of aryl methyl sites for hydroxylation is 1. The smallest absolute Gasteiger partial charge is 0.261 e. The number of nitrogens with zero attached hydrogens (tertiary/aromatic N) is 4. The summed E-state index contributed by atoms with van der Waals surface area (Å²) in [6.45, 7) is 6.99. The average Bonchev–Trinajstić information content (AvgIpc) is 3.52. The number of nitrogens with one attached hydrogen (secondary N) is 1. The molecule has 0 radical (unpaired) electrons. The molecule has 1 N–H and O–H groups in total. The summed E-state index contributed by atoms with van der Waals surface area (Å²) in [6.07, 6.45) is 0.938. The quantitative estimate of drug-likeness (QED) is 0.307. The molecule has 8 nitrogen and oxygen atoms in total. The Morgan fingerprint density at radius 1 is 0.974 bits per heavy atom. The molecule has 0 saturated carbocycles. The van der Waals surface area contributed by atoms with Crippen LogP contribution < -0.4 is 14.8 Å². The molecule has 38 heavy (non-hydrogen) atoms. The predicted molar refractivity (Wildman–Crippen MR) is 152 cm³/mol. The van der Waals surface area contributed by atoms with Crippen molar-refractivity contribution >= 4 is 27.5 Å². The molecule has 1 saturated heterocycles. The average molecular weight is 534 g/mol. The molecule has 200 valence electrons. The number of aromatic nitrogens is 2. The maximum Gasteiger partial charge on any atom is 0.261 e. The number of hydrogen-bond acceptors (Lipinski definition) is 7. The van der Waals surface area contributed by atoms with Crippen LogP contribution in [0.3, 0.4) is 0 Å². The topological polar surface area (TPSA) is 71.9 Å². The van der Waals surface area contributed by atoms with Gasteiger partial charge in [0.25, 0.3) is 5.91 Å². The minimum atomic E-state index is -0.0304. The lowest BCUT2D eigenvalue weighted by Crippen LogP contribution is -2.46. The molecule has 1 fully saturated rings. The summed E-state index contributed by atoms with van der Waals surface area (Å²) in [6, 6.07) is 18.4. The Morgan fingerprint density at radius 2 is 1.71 bits per heavy atom. The number of thiophene rings is 1. The van der Waals surface area contributed by atoms with Crippen molar-refractivity contribution in [1.29, 1.82) is 0 Å². The maximum atomic E-state index is 12.9. The van der Waals surface area contributed by atoms with Gasteiger partial charge in [0, 0.05) is 57.3 Å². The normalized spacial score (nSPS) is 14.6. The van der Waals surface area contributed by atoms with Crippen molar-refractivity contribution in [1.82, 2.24) is 24.9 Å². The summed E-state index contributed by atoms with van der Waals surface area (Å²) in [5, 5.41) is 8.77. The lowest BCUT2D eigenvalue weighted by atomic mass is 10.1. The Bertz CT molecular complexity index is 1380. The Hall–Kier alpha value is -3.40. The molecule has 0 atom stereocenters. The second-order valence-corrected chi connectivity index (χ2v) is 10.6. The van der Waals surface area contributed by atoms with Crippen LogP contribution in [0.1, 0.15) is 21.7 Å². The number of benzene rings is 2. The fraction of sp³-hybridized carbons (Fsp3) is 0.379. The first kappa shape index (κ1) is 26.2. The molecule has 1 aliphatic heterocycles. The first-order valence-electron chi connectivity index (χ1n) is 13.0. The molecule has 0 spiro atoms. The first-order chi connectivity index (χ1) is 18.6. The van der Waals surface area contributed by atoms with Gasteiger partial charge in [-0.05, 0) is 42.8 Å². The number of methoxy groups -OCH3 is 2. The third-order valence-electron chi connectivity index (χ3n) is 7.04. The van der Waals surface area contributed by atoms with Gasteiger partial charge in [-0.25, -0.2) is 0 Å². The van der Waals surface area contributed by atoms with Crippen molar-refractivity contribution in [2.45, 2.75) is 13.0 Å². The summed E-state index contributed by atoms with van der Waals surface area (Å²) >= 11 is 1.47. The minimum Gasteiger partial charge on any atom is -0.493 e. The Kier molecular flexibility index (Phi) is 8.26. The third-order valence-corrected chi connectivity index (χ3v) is 8.24.